The first kappa shape index (κ1) is 16.5. The number of ether oxygens (including phenoxy) is 2. The second-order valence-electron chi connectivity index (χ2n) is 6.08. The van der Waals surface area contributed by atoms with Crippen molar-refractivity contribution in [1.29, 1.82) is 0 Å². The molecule has 1 aliphatic heterocycles. The third-order valence-corrected chi connectivity index (χ3v) is 4.62. The van der Waals surface area contributed by atoms with Crippen molar-refractivity contribution in [2.75, 3.05) is 20.2 Å². The van der Waals surface area contributed by atoms with Crippen molar-refractivity contribution in [2.45, 2.75) is 32.5 Å². The number of nitrogens with zero attached hydrogens (tertiary/aromatic N) is 1. The number of para-hydroxylation sites is 1. The minimum absolute atomic E-state index is 0.0312. The number of aromatic nitrogens is 1. The molecule has 0 aliphatic carbocycles. The van der Waals surface area contributed by atoms with Gasteiger partial charge in [0.05, 0.1) is 11.8 Å². The Morgan fingerprint density at radius 3 is 2.71 bits per heavy atom. The largest absolute Gasteiger partial charge is 0.443 e. The first-order valence-electron chi connectivity index (χ1n) is 8.15. The minimum atomic E-state index is -0.349. The Morgan fingerprint density at radius 2 is 2.00 bits per heavy atom. The molecule has 6 heteroatoms. The summed E-state index contributed by atoms with van der Waals surface area (Å²) in [4.78, 5) is 29.5. The van der Waals surface area contributed by atoms with Crippen LogP contribution in [0.2, 0.25) is 0 Å². The van der Waals surface area contributed by atoms with E-state index in [9.17, 15) is 9.59 Å². The molecule has 1 aliphatic rings. The van der Waals surface area contributed by atoms with Crippen LogP contribution < -0.4 is 5.43 Å². The number of benzene rings is 1. The van der Waals surface area contributed by atoms with Crippen LogP contribution in [0.25, 0.3) is 10.9 Å². The number of H-pyrrole nitrogens is 1. The molecule has 1 N–H and O–H groups in total. The van der Waals surface area contributed by atoms with Gasteiger partial charge in [-0.2, -0.15) is 0 Å². The molecule has 2 aromatic rings. The maximum atomic E-state index is 12.4. The first-order chi connectivity index (χ1) is 11.6. The maximum Gasteiger partial charge on any atom is 0.410 e. The molecule has 0 unspecified atom stereocenters. The molecular weight excluding hydrogens is 308 g/mol. The van der Waals surface area contributed by atoms with E-state index in [1.165, 1.54) is 0 Å². The molecule has 6 nitrogen and oxygen atoms in total. The molecule has 1 saturated heterocycles. The number of fused-ring (bicyclic) bond motifs is 1. The average molecular weight is 330 g/mol. The Balaban J connectivity index is 1.68. The van der Waals surface area contributed by atoms with Gasteiger partial charge in [-0.3, -0.25) is 4.79 Å². The molecular formula is C18H22N2O4. The van der Waals surface area contributed by atoms with Crippen LogP contribution in [-0.2, 0) is 16.1 Å². The van der Waals surface area contributed by atoms with E-state index >= 15 is 0 Å². The van der Waals surface area contributed by atoms with Gasteiger partial charge in [-0.1, -0.05) is 12.1 Å². The van der Waals surface area contributed by atoms with E-state index in [4.69, 9.17) is 9.47 Å². The van der Waals surface area contributed by atoms with Gasteiger partial charge in [0.15, 0.2) is 5.43 Å². The molecule has 1 aromatic heterocycles. The smallest absolute Gasteiger partial charge is 0.410 e. The summed E-state index contributed by atoms with van der Waals surface area (Å²) in [6, 6.07) is 7.33. The summed E-state index contributed by atoms with van der Waals surface area (Å²) < 4.78 is 10.7. The summed E-state index contributed by atoms with van der Waals surface area (Å²) in [6.07, 6.45) is 1.50. The molecule has 0 spiro atoms. The number of methoxy groups -OCH3 is 1. The van der Waals surface area contributed by atoms with Gasteiger partial charge in [-0.25, -0.2) is 4.79 Å². The number of amides is 1. The van der Waals surface area contributed by atoms with Crippen molar-refractivity contribution in [2.24, 2.45) is 0 Å². The van der Waals surface area contributed by atoms with Crippen molar-refractivity contribution in [3.63, 3.8) is 0 Å². The number of hydrogen-bond donors (Lipinski definition) is 1. The van der Waals surface area contributed by atoms with Crippen LogP contribution in [0.3, 0.4) is 0 Å². The number of likely N-dealkylation sites (tertiary alicyclic amines) is 1. The molecule has 2 heterocycles. The van der Waals surface area contributed by atoms with Gasteiger partial charge in [0, 0.05) is 36.7 Å². The van der Waals surface area contributed by atoms with Gasteiger partial charge >= 0.3 is 6.09 Å². The highest BCUT2D eigenvalue weighted by Gasteiger charge is 2.23. The predicted octanol–water partition coefficient (Wildman–Crippen LogP) is 2.58. The fourth-order valence-electron chi connectivity index (χ4n) is 3.03. The molecule has 3 rings (SSSR count). The monoisotopic (exact) mass is 330 g/mol. The summed E-state index contributed by atoms with van der Waals surface area (Å²) in [7, 11) is 1.69. The van der Waals surface area contributed by atoms with Crippen LogP contribution in [0.5, 0.6) is 0 Å². The van der Waals surface area contributed by atoms with E-state index in [2.05, 4.69) is 4.98 Å². The van der Waals surface area contributed by atoms with Crippen LogP contribution in [0.1, 0.15) is 24.1 Å². The fraction of sp³-hybridized carbons (Fsp3) is 0.444. The van der Waals surface area contributed by atoms with E-state index in [1.54, 1.807) is 25.0 Å². The van der Waals surface area contributed by atoms with Crippen LogP contribution in [0, 0.1) is 6.92 Å². The van der Waals surface area contributed by atoms with Gasteiger partial charge in [-0.05, 0) is 31.9 Å². The quantitative estimate of drug-likeness (QED) is 0.939. The Bertz CT molecular complexity index is 791. The van der Waals surface area contributed by atoms with E-state index in [-0.39, 0.29) is 24.2 Å². The number of carbonyl (C=O) groups is 1. The van der Waals surface area contributed by atoms with Gasteiger partial charge in [-0.15, -0.1) is 0 Å². The minimum Gasteiger partial charge on any atom is -0.443 e. The standard InChI is InChI=1S/C18H22N2O4/c1-12-16(19-15-6-4-3-5-14(15)17(12)21)11-24-18(22)20-9-7-13(23-2)8-10-20/h3-6,13H,7-11H2,1-2H3,(H,19,21). The SMILES string of the molecule is COC1CCN(C(=O)OCc2[nH]c3ccccc3c(=O)c2C)CC1. The normalized spacial score (nSPS) is 15.7. The Labute approximate surface area is 140 Å². The maximum absolute atomic E-state index is 12.4. The summed E-state index contributed by atoms with van der Waals surface area (Å²) in [5, 5.41) is 0.645. The summed E-state index contributed by atoms with van der Waals surface area (Å²) in [5.74, 6) is 0. The number of pyridine rings is 1. The van der Waals surface area contributed by atoms with Crippen molar-refractivity contribution in [3.05, 3.63) is 45.7 Å². The Hall–Kier alpha value is -2.34. The lowest BCUT2D eigenvalue weighted by Crippen LogP contribution is -2.40. The number of aromatic amines is 1. The van der Waals surface area contributed by atoms with Crippen LogP contribution >= 0.6 is 0 Å². The second kappa shape index (κ2) is 7.05. The highest BCUT2D eigenvalue weighted by Crippen LogP contribution is 2.15. The van der Waals surface area contributed by atoms with E-state index in [1.807, 2.05) is 18.2 Å². The van der Waals surface area contributed by atoms with E-state index < -0.39 is 0 Å². The lowest BCUT2D eigenvalue weighted by molar-refractivity contribution is 0.0314. The van der Waals surface area contributed by atoms with Crippen LogP contribution in [-0.4, -0.2) is 42.3 Å². The van der Waals surface area contributed by atoms with Gasteiger partial charge in [0.1, 0.15) is 6.61 Å². The third kappa shape index (κ3) is 3.28. The lowest BCUT2D eigenvalue weighted by Gasteiger charge is -2.30. The zero-order valence-corrected chi connectivity index (χ0v) is 14.0. The van der Waals surface area contributed by atoms with Crippen molar-refractivity contribution >= 4 is 17.0 Å². The Morgan fingerprint density at radius 1 is 1.29 bits per heavy atom. The molecule has 1 aromatic carbocycles. The molecule has 0 radical (unpaired) electrons. The summed E-state index contributed by atoms with van der Waals surface area (Å²) in [5.41, 5.74) is 1.94. The summed E-state index contributed by atoms with van der Waals surface area (Å²) in [6.45, 7) is 3.07. The highest BCUT2D eigenvalue weighted by molar-refractivity contribution is 5.79. The highest BCUT2D eigenvalue weighted by atomic mass is 16.6. The van der Waals surface area contributed by atoms with Crippen LogP contribution in [0.15, 0.2) is 29.1 Å². The van der Waals surface area contributed by atoms with Gasteiger partial charge in [0.25, 0.3) is 0 Å². The molecule has 1 amide bonds. The first-order valence-corrected chi connectivity index (χ1v) is 8.15. The Kier molecular flexibility index (Phi) is 4.85. The zero-order chi connectivity index (χ0) is 17.1. The topological polar surface area (TPSA) is 71.6 Å². The predicted molar refractivity (Wildman–Crippen MR) is 91.1 cm³/mol. The number of rotatable bonds is 3. The number of nitrogens with one attached hydrogen (secondary N) is 1. The average Bonchev–Trinajstić information content (AvgIpc) is 2.63. The van der Waals surface area contributed by atoms with Crippen molar-refractivity contribution in [3.8, 4) is 0 Å². The van der Waals surface area contributed by atoms with E-state index in [0.717, 1.165) is 18.4 Å². The van der Waals surface area contributed by atoms with Gasteiger partial charge in [0.2, 0.25) is 0 Å². The zero-order valence-electron chi connectivity index (χ0n) is 14.0. The van der Waals surface area contributed by atoms with E-state index in [0.29, 0.717) is 29.7 Å². The molecule has 24 heavy (non-hydrogen) atoms. The lowest BCUT2D eigenvalue weighted by atomic mass is 10.1. The third-order valence-electron chi connectivity index (χ3n) is 4.62. The molecule has 0 saturated carbocycles. The van der Waals surface area contributed by atoms with Crippen molar-refractivity contribution < 1.29 is 14.3 Å². The molecule has 0 atom stereocenters. The van der Waals surface area contributed by atoms with Crippen LogP contribution in [0.4, 0.5) is 4.79 Å². The molecule has 0 bridgehead atoms. The second-order valence-corrected chi connectivity index (χ2v) is 6.08. The fourth-order valence-corrected chi connectivity index (χ4v) is 3.03. The number of carbonyl (C=O) groups excluding carboxylic acids is 1. The molecule has 128 valence electrons. The summed E-state index contributed by atoms with van der Waals surface area (Å²) >= 11 is 0. The van der Waals surface area contributed by atoms with Gasteiger partial charge < -0.3 is 19.4 Å². The molecule has 1 fully saturated rings. The van der Waals surface area contributed by atoms with Crippen molar-refractivity contribution in [1.82, 2.24) is 9.88 Å². The number of piperidine rings is 1. The number of hydrogen-bond acceptors (Lipinski definition) is 4.